The van der Waals surface area contributed by atoms with Crippen LogP contribution in [0.1, 0.15) is 11.1 Å². The molecule has 18 heavy (non-hydrogen) atoms. The number of benzene rings is 2. The minimum Gasteiger partial charge on any atom is -0.326 e. The second-order valence-corrected chi connectivity index (χ2v) is 6.24. The van der Waals surface area contributed by atoms with Crippen molar-refractivity contribution in [2.24, 2.45) is 5.73 Å². The van der Waals surface area contributed by atoms with Crippen LogP contribution in [0.15, 0.2) is 51.8 Å². The summed E-state index contributed by atoms with van der Waals surface area (Å²) in [6.45, 7) is 0.528. The molecule has 2 rings (SSSR count). The zero-order valence-corrected chi connectivity index (χ0v) is 12.9. The van der Waals surface area contributed by atoms with E-state index in [1.165, 1.54) is 4.90 Å². The van der Waals surface area contributed by atoms with Gasteiger partial charge in [0.25, 0.3) is 0 Å². The van der Waals surface area contributed by atoms with Crippen LogP contribution < -0.4 is 5.73 Å². The summed E-state index contributed by atoms with van der Waals surface area (Å²) in [5.74, 6) is 0.866. The second-order valence-electron chi connectivity index (χ2n) is 3.87. The lowest BCUT2D eigenvalue weighted by Crippen LogP contribution is -1.96. The second kappa shape index (κ2) is 6.62. The first kappa shape index (κ1) is 13.9. The highest BCUT2D eigenvalue weighted by molar-refractivity contribution is 9.10. The summed E-state index contributed by atoms with van der Waals surface area (Å²) in [5.41, 5.74) is 7.79. The summed E-state index contributed by atoms with van der Waals surface area (Å²) in [6.07, 6.45) is 0. The lowest BCUT2D eigenvalue weighted by atomic mass is 10.1. The summed E-state index contributed by atoms with van der Waals surface area (Å²) < 4.78 is 1.09. The molecule has 0 bridgehead atoms. The molecule has 0 radical (unpaired) electrons. The molecule has 2 N–H and O–H groups in total. The molecule has 0 saturated carbocycles. The van der Waals surface area contributed by atoms with E-state index in [1.54, 1.807) is 11.8 Å². The van der Waals surface area contributed by atoms with Crippen molar-refractivity contribution in [3.8, 4) is 0 Å². The zero-order chi connectivity index (χ0) is 13.0. The molecule has 0 aromatic heterocycles. The van der Waals surface area contributed by atoms with Crippen LogP contribution in [0.3, 0.4) is 0 Å². The van der Waals surface area contributed by atoms with Gasteiger partial charge in [0.1, 0.15) is 0 Å². The topological polar surface area (TPSA) is 26.0 Å². The maximum Gasteiger partial charge on any atom is 0.0449 e. The van der Waals surface area contributed by atoms with Crippen molar-refractivity contribution in [2.75, 3.05) is 0 Å². The molecule has 0 spiro atoms. The highest BCUT2D eigenvalue weighted by Crippen LogP contribution is 2.28. The van der Waals surface area contributed by atoms with E-state index in [0.717, 1.165) is 26.4 Å². The standard InChI is InChI=1S/C14H13BrClNS/c15-12-3-5-13(6-4-12)18-9-11-2-1-10(8-17)7-14(11)16/h1-7H,8-9,17H2. The van der Waals surface area contributed by atoms with E-state index in [1.807, 2.05) is 24.3 Å². The molecule has 0 heterocycles. The number of rotatable bonds is 4. The Balaban J connectivity index is 2.04. The summed E-state index contributed by atoms with van der Waals surface area (Å²) in [4.78, 5) is 1.23. The minimum absolute atomic E-state index is 0.528. The van der Waals surface area contributed by atoms with E-state index in [0.29, 0.717) is 6.54 Å². The van der Waals surface area contributed by atoms with Gasteiger partial charge in [0, 0.05) is 26.7 Å². The predicted octanol–water partition coefficient (Wildman–Crippen LogP) is 4.85. The number of halogens is 2. The largest absolute Gasteiger partial charge is 0.326 e. The Kier molecular flexibility index (Phi) is 5.13. The summed E-state index contributed by atoms with van der Waals surface area (Å²) in [6, 6.07) is 14.3. The Bertz CT molecular complexity index is 528. The van der Waals surface area contributed by atoms with Crippen LogP contribution in [0, 0.1) is 0 Å². The summed E-state index contributed by atoms with van der Waals surface area (Å²) >= 11 is 11.4. The maximum absolute atomic E-state index is 6.22. The molecule has 0 fully saturated rings. The highest BCUT2D eigenvalue weighted by Gasteiger charge is 2.02. The number of hydrogen-bond donors (Lipinski definition) is 1. The fourth-order valence-corrected chi connectivity index (χ4v) is 3.04. The molecule has 0 aliphatic heterocycles. The van der Waals surface area contributed by atoms with Gasteiger partial charge in [-0.3, -0.25) is 0 Å². The first-order valence-corrected chi connectivity index (χ1v) is 7.70. The van der Waals surface area contributed by atoms with E-state index >= 15 is 0 Å². The van der Waals surface area contributed by atoms with Crippen molar-refractivity contribution in [3.05, 3.63) is 63.1 Å². The van der Waals surface area contributed by atoms with Crippen molar-refractivity contribution in [1.82, 2.24) is 0 Å². The Hall–Kier alpha value is -0.480. The lowest BCUT2D eigenvalue weighted by Gasteiger charge is -2.06. The van der Waals surface area contributed by atoms with Crippen LogP contribution in [-0.4, -0.2) is 0 Å². The van der Waals surface area contributed by atoms with E-state index in [9.17, 15) is 0 Å². The molecule has 0 saturated heterocycles. The van der Waals surface area contributed by atoms with Gasteiger partial charge in [-0.25, -0.2) is 0 Å². The number of hydrogen-bond acceptors (Lipinski definition) is 2. The average molecular weight is 343 g/mol. The maximum atomic E-state index is 6.22. The monoisotopic (exact) mass is 341 g/mol. The van der Waals surface area contributed by atoms with Gasteiger partial charge in [0.15, 0.2) is 0 Å². The molecule has 94 valence electrons. The molecule has 0 amide bonds. The molecule has 0 unspecified atom stereocenters. The SMILES string of the molecule is NCc1ccc(CSc2ccc(Br)cc2)c(Cl)c1. The highest BCUT2D eigenvalue weighted by atomic mass is 79.9. The van der Waals surface area contributed by atoms with Gasteiger partial charge in [0.05, 0.1) is 0 Å². The molecule has 4 heteroatoms. The molecular weight excluding hydrogens is 330 g/mol. The number of thioether (sulfide) groups is 1. The van der Waals surface area contributed by atoms with E-state index in [4.69, 9.17) is 17.3 Å². The Morgan fingerprint density at radius 3 is 2.44 bits per heavy atom. The van der Waals surface area contributed by atoms with Crippen LogP contribution in [0.2, 0.25) is 5.02 Å². The van der Waals surface area contributed by atoms with Crippen LogP contribution >= 0.6 is 39.3 Å². The van der Waals surface area contributed by atoms with Crippen molar-refractivity contribution >= 4 is 39.3 Å². The van der Waals surface area contributed by atoms with Crippen molar-refractivity contribution in [1.29, 1.82) is 0 Å². The molecule has 0 aliphatic carbocycles. The lowest BCUT2D eigenvalue weighted by molar-refractivity contribution is 1.07. The van der Waals surface area contributed by atoms with Gasteiger partial charge in [-0.2, -0.15) is 0 Å². The fraction of sp³-hybridized carbons (Fsp3) is 0.143. The van der Waals surface area contributed by atoms with E-state index in [-0.39, 0.29) is 0 Å². The van der Waals surface area contributed by atoms with E-state index in [2.05, 4.69) is 34.1 Å². The van der Waals surface area contributed by atoms with E-state index < -0.39 is 0 Å². The van der Waals surface area contributed by atoms with Gasteiger partial charge in [-0.05, 0) is 41.5 Å². The molecule has 2 aromatic rings. The van der Waals surface area contributed by atoms with Gasteiger partial charge in [0.2, 0.25) is 0 Å². The van der Waals surface area contributed by atoms with Crippen molar-refractivity contribution in [2.45, 2.75) is 17.2 Å². The molecule has 1 nitrogen and oxygen atoms in total. The number of nitrogens with two attached hydrogens (primary N) is 1. The van der Waals surface area contributed by atoms with Crippen LogP contribution in [0.5, 0.6) is 0 Å². The van der Waals surface area contributed by atoms with Crippen LogP contribution in [0.4, 0.5) is 0 Å². The molecular formula is C14H13BrClNS. The Morgan fingerprint density at radius 2 is 1.83 bits per heavy atom. The predicted molar refractivity (Wildman–Crippen MR) is 83.0 cm³/mol. The van der Waals surface area contributed by atoms with Crippen molar-refractivity contribution in [3.63, 3.8) is 0 Å². The minimum atomic E-state index is 0.528. The van der Waals surface area contributed by atoms with Crippen LogP contribution in [-0.2, 0) is 12.3 Å². The zero-order valence-electron chi connectivity index (χ0n) is 9.70. The van der Waals surface area contributed by atoms with Gasteiger partial charge >= 0.3 is 0 Å². The third-order valence-electron chi connectivity index (χ3n) is 2.56. The van der Waals surface area contributed by atoms with Gasteiger partial charge < -0.3 is 5.73 Å². The summed E-state index contributed by atoms with van der Waals surface area (Å²) in [5, 5.41) is 0.794. The smallest absolute Gasteiger partial charge is 0.0449 e. The van der Waals surface area contributed by atoms with Crippen LogP contribution in [0.25, 0.3) is 0 Å². The molecule has 2 aromatic carbocycles. The molecule has 0 aliphatic rings. The quantitative estimate of drug-likeness (QED) is 0.803. The van der Waals surface area contributed by atoms with Crippen molar-refractivity contribution < 1.29 is 0 Å². The summed E-state index contributed by atoms with van der Waals surface area (Å²) in [7, 11) is 0. The van der Waals surface area contributed by atoms with Gasteiger partial charge in [-0.15, -0.1) is 11.8 Å². The normalized spacial score (nSPS) is 10.6. The average Bonchev–Trinajstić information content (AvgIpc) is 2.39. The fourth-order valence-electron chi connectivity index (χ4n) is 1.53. The molecule has 0 atom stereocenters. The first-order valence-electron chi connectivity index (χ1n) is 5.55. The third-order valence-corrected chi connectivity index (χ3v) is 4.50. The first-order chi connectivity index (χ1) is 8.69. The van der Waals surface area contributed by atoms with Gasteiger partial charge in [-0.1, -0.05) is 39.7 Å². The Labute approximate surface area is 125 Å². The Morgan fingerprint density at radius 1 is 1.11 bits per heavy atom. The third kappa shape index (κ3) is 3.75.